The standard InChI is InChI=1S/C13H12N2O6S2/c1-22(18,19)14-11-8-5-9-12(13(11)15(16)17)23(20,21)10-6-3-2-4-7-10/h2-9,14H,1H3. The van der Waals surface area contributed by atoms with Crippen molar-refractivity contribution in [3.05, 3.63) is 58.6 Å². The van der Waals surface area contributed by atoms with Crippen LogP contribution >= 0.6 is 0 Å². The van der Waals surface area contributed by atoms with E-state index < -0.39 is 41.1 Å². The first-order chi connectivity index (χ1) is 10.6. The van der Waals surface area contributed by atoms with Crippen LogP contribution in [-0.4, -0.2) is 28.0 Å². The Morgan fingerprint density at radius 1 is 0.957 bits per heavy atom. The predicted octanol–water partition coefficient (Wildman–Crippen LogP) is 1.80. The van der Waals surface area contributed by atoms with Gasteiger partial charge in [-0.25, -0.2) is 16.8 Å². The highest BCUT2D eigenvalue weighted by atomic mass is 32.2. The maximum Gasteiger partial charge on any atom is 0.312 e. The summed E-state index contributed by atoms with van der Waals surface area (Å²) in [6, 6.07) is 10.6. The van der Waals surface area contributed by atoms with E-state index >= 15 is 0 Å². The van der Waals surface area contributed by atoms with Crippen LogP contribution in [0.1, 0.15) is 0 Å². The van der Waals surface area contributed by atoms with Gasteiger partial charge in [0.05, 0.1) is 16.1 Å². The maximum absolute atomic E-state index is 12.6. The molecule has 10 heteroatoms. The minimum absolute atomic E-state index is 0.125. The molecule has 0 bridgehead atoms. The molecule has 0 aliphatic carbocycles. The Balaban J connectivity index is 2.73. The molecule has 0 aliphatic heterocycles. The predicted molar refractivity (Wildman–Crippen MR) is 83.5 cm³/mol. The number of rotatable bonds is 5. The van der Waals surface area contributed by atoms with E-state index in [0.29, 0.717) is 0 Å². The molecule has 8 nitrogen and oxygen atoms in total. The number of anilines is 1. The lowest BCUT2D eigenvalue weighted by Gasteiger charge is -2.09. The topological polar surface area (TPSA) is 123 Å². The van der Waals surface area contributed by atoms with Gasteiger partial charge in [0, 0.05) is 0 Å². The van der Waals surface area contributed by atoms with Gasteiger partial charge in [-0.15, -0.1) is 0 Å². The number of para-hydroxylation sites is 1. The second kappa shape index (κ2) is 5.97. The van der Waals surface area contributed by atoms with Crippen molar-refractivity contribution in [2.24, 2.45) is 0 Å². The first kappa shape index (κ1) is 16.9. The first-order valence-corrected chi connectivity index (χ1v) is 9.56. The second-order valence-electron chi connectivity index (χ2n) is 4.60. The van der Waals surface area contributed by atoms with E-state index in [1.807, 2.05) is 4.72 Å². The van der Waals surface area contributed by atoms with E-state index in [4.69, 9.17) is 0 Å². The number of benzene rings is 2. The monoisotopic (exact) mass is 356 g/mol. The Hall–Kier alpha value is -2.46. The Morgan fingerprint density at radius 3 is 2.09 bits per heavy atom. The SMILES string of the molecule is CS(=O)(=O)Nc1cccc(S(=O)(=O)c2ccccc2)c1[N+](=O)[O-]. The van der Waals surface area contributed by atoms with Gasteiger partial charge in [0.15, 0.2) is 4.90 Å². The van der Waals surface area contributed by atoms with E-state index in [0.717, 1.165) is 18.4 Å². The number of hydrogen-bond donors (Lipinski definition) is 1. The number of sulfonamides is 1. The van der Waals surface area contributed by atoms with Gasteiger partial charge in [-0.1, -0.05) is 24.3 Å². The van der Waals surface area contributed by atoms with Crippen LogP contribution in [0.5, 0.6) is 0 Å². The molecule has 0 unspecified atom stereocenters. The summed E-state index contributed by atoms with van der Waals surface area (Å²) in [5.41, 5.74) is -1.23. The Bertz CT molecular complexity index is 953. The summed E-state index contributed by atoms with van der Waals surface area (Å²) in [6.45, 7) is 0. The number of sulfone groups is 1. The van der Waals surface area contributed by atoms with Crippen molar-refractivity contribution >= 4 is 31.2 Å². The lowest BCUT2D eigenvalue weighted by atomic mass is 10.3. The van der Waals surface area contributed by atoms with Crippen molar-refractivity contribution in [3.8, 4) is 0 Å². The van der Waals surface area contributed by atoms with E-state index in [-0.39, 0.29) is 4.90 Å². The lowest BCUT2D eigenvalue weighted by Crippen LogP contribution is -2.13. The Morgan fingerprint density at radius 2 is 1.57 bits per heavy atom. The fraction of sp³-hybridized carbons (Fsp3) is 0.0769. The molecule has 0 aliphatic rings. The maximum atomic E-state index is 12.6. The van der Waals surface area contributed by atoms with Gasteiger partial charge in [-0.2, -0.15) is 0 Å². The number of nitrogens with zero attached hydrogens (tertiary/aromatic N) is 1. The normalized spacial score (nSPS) is 11.9. The largest absolute Gasteiger partial charge is 0.312 e. The van der Waals surface area contributed by atoms with Gasteiger partial charge < -0.3 is 0 Å². The molecule has 2 aromatic carbocycles. The third-order valence-electron chi connectivity index (χ3n) is 2.82. The van der Waals surface area contributed by atoms with Crippen LogP contribution in [0.4, 0.5) is 11.4 Å². The van der Waals surface area contributed by atoms with Crippen LogP contribution in [0, 0.1) is 10.1 Å². The molecule has 0 saturated carbocycles. The summed E-state index contributed by atoms with van der Waals surface area (Å²) < 4.78 is 49.8. The van der Waals surface area contributed by atoms with Crippen molar-refractivity contribution in [2.45, 2.75) is 9.79 Å². The molecular formula is C13H12N2O6S2. The summed E-state index contributed by atoms with van der Waals surface area (Å²) >= 11 is 0. The third-order valence-corrected chi connectivity index (χ3v) is 5.21. The second-order valence-corrected chi connectivity index (χ2v) is 8.27. The molecule has 0 saturated heterocycles. The van der Waals surface area contributed by atoms with E-state index in [1.165, 1.54) is 30.3 Å². The summed E-state index contributed by atoms with van der Waals surface area (Å²) in [4.78, 5) is 9.68. The van der Waals surface area contributed by atoms with Crippen molar-refractivity contribution in [1.82, 2.24) is 0 Å². The van der Waals surface area contributed by atoms with Crippen molar-refractivity contribution < 1.29 is 21.8 Å². The fourth-order valence-corrected chi connectivity index (χ4v) is 3.97. The van der Waals surface area contributed by atoms with Gasteiger partial charge in [0.2, 0.25) is 19.9 Å². The lowest BCUT2D eigenvalue weighted by molar-refractivity contribution is -0.386. The van der Waals surface area contributed by atoms with Gasteiger partial charge in [-0.3, -0.25) is 14.8 Å². The van der Waals surface area contributed by atoms with Crippen molar-refractivity contribution in [1.29, 1.82) is 0 Å². The van der Waals surface area contributed by atoms with Gasteiger partial charge >= 0.3 is 5.69 Å². The average molecular weight is 356 g/mol. The van der Waals surface area contributed by atoms with Crippen LogP contribution in [0.25, 0.3) is 0 Å². The van der Waals surface area contributed by atoms with Crippen LogP contribution < -0.4 is 4.72 Å². The summed E-state index contributed by atoms with van der Waals surface area (Å²) in [6.07, 6.45) is 0.815. The van der Waals surface area contributed by atoms with Gasteiger partial charge in [0.1, 0.15) is 5.69 Å². The Kier molecular flexibility index (Phi) is 4.39. The molecular weight excluding hydrogens is 344 g/mol. The summed E-state index contributed by atoms with van der Waals surface area (Å²) in [5.74, 6) is 0. The molecule has 2 aromatic rings. The van der Waals surface area contributed by atoms with Crippen LogP contribution in [-0.2, 0) is 19.9 Å². The molecule has 0 radical (unpaired) electrons. The van der Waals surface area contributed by atoms with Gasteiger partial charge in [0.25, 0.3) is 0 Å². The number of nitro benzene ring substituents is 1. The number of nitrogens with one attached hydrogen (secondary N) is 1. The molecule has 1 N–H and O–H groups in total. The van der Waals surface area contributed by atoms with Crippen LogP contribution in [0.15, 0.2) is 58.3 Å². The zero-order chi connectivity index (χ0) is 17.3. The fourth-order valence-electron chi connectivity index (χ4n) is 1.94. The minimum Gasteiger partial charge on any atom is -0.277 e. The molecule has 0 heterocycles. The van der Waals surface area contributed by atoms with E-state index in [2.05, 4.69) is 0 Å². The molecule has 23 heavy (non-hydrogen) atoms. The molecule has 0 amide bonds. The Labute approximate surface area is 132 Å². The zero-order valence-corrected chi connectivity index (χ0v) is 13.5. The zero-order valence-electron chi connectivity index (χ0n) is 11.8. The van der Waals surface area contributed by atoms with Crippen molar-refractivity contribution in [2.75, 3.05) is 11.0 Å². The summed E-state index contributed by atoms with van der Waals surface area (Å²) in [7, 11) is -7.98. The van der Waals surface area contributed by atoms with E-state index in [9.17, 15) is 26.9 Å². The molecule has 2 rings (SSSR count). The number of nitro groups is 1. The van der Waals surface area contributed by atoms with Crippen LogP contribution in [0.3, 0.4) is 0 Å². The van der Waals surface area contributed by atoms with Crippen molar-refractivity contribution in [3.63, 3.8) is 0 Å². The highest BCUT2D eigenvalue weighted by Crippen LogP contribution is 2.35. The average Bonchev–Trinajstić information content (AvgIpc) is 2.46. The van der Waals surface area contributed by atoms with Crippen LogP contribution in [0.2, 0.25) is 0 Å². The minimum atomic E-state index is -4.17. The van der Waals surface area contributed by atoms with Gasteiger partial charge in [-0.05, 0) is 24.3 Å². The molecule has 0 spiro atoms. The first-order valence-electron chi connectivity index (χ1n) is 6.18. The summed E-state index contributed by atoms with van der Waals surface area (Å²) in [5, 5.41) is 11.3. The molecule has 122 valence electrons. The molecule has 0 atom stereocenters. The molecule has 0 aromatic heterocycles. The third kappa shape index (κ3) is 3.66. The van der Waals surface area contributed by atoms with E-state index in [1.54, 1.807) is 6.07 Å². The highest BCUT2D eigenvalue weighted by molar-refractivity contribution is 7.92. The number of hydrogen-bond acceptors (Lipinski definition) is 6. The smallest absolute Gasteiger partial charge is 0.277 e. The molecule has 0 fully saturated rings. The highest BCUT2D eigenvalue weighted by Gasteiger charge is 2.31. The quantitative estimate of drug-likeness (QED) is 0.643.